The fourth-order valence-electron chi connectivity index (χ4n) is 1.33. The van der Waals surface area contributed by atoms with Crippen LogP contribution in [-0.2, 0) is 0 Å². The standard InChI is InChI=1S/C11H13N3OS/c1-8(15)11-7-14(13-12-11)9-3-5-10(16-2)6-4-9/h3-8,15H,1-2H3. The number of thioether (sulfide) groups is 1. The first-order chi connectivity index (χ1) is 7.70. The predicted molar refractivity (Wildman–Crippen MR) is 63.8 cm³/mol. The van der Waals surface area contributed by atoms with E-state index in [-0.39, 0.29) is 0 Å². The third-order valence-corrected chi connectivity index (χ3v) is 3.02. The molecule has 2 aromatic rings. The maximum atomic E-state index is 9.35. The molecule has 1 unspecified atom stereocenters. The fourth-order valence-corrected chi connectivity index (χ4v) is 1.74. The summed E-state index contributed by atoms with van der Waals surface area (Å²) in [5.41, 5.74) is 1.52. The molecule has 0 amide bonds. The molecule has 0 spiro atoms. The van der Waals surface area contributed by atoms with Gasteiger partial charge in [0.05, 0.1) is 18.0 Å². The van der Waals surface area contributed by atoms with Crippen LogP contribution < -0.4 is 0 Å². The molecule has 16 heavy (non-hydrogen) atoms. The van der Waals surface area contributed by atoms with Crippen molar-refractivity contribution in [3.05, 3.63) is 36.2 Å². The summed E-state index contributed by atoms with van der Waals surface area (Å²) < 4.78 is 1.66. The average Bonchev–Trinajstić information content (AvgIpc) is 2.78. The molecule has 0 saturated heterocycles. The second-order valence-corrected chi connectivity index (χ2v) is 4.34. The number of benzene rings is 1. The molecule has 4 nitrogen and oxygen atoms in total. The summed E-state index contributed by atoms with van der Waals surface area (Å²) in [4.78, 5) is 1.21. The van der Waals surface area contributed by atoms with Crippen LogP contribution in [0.4, 0.5) is 0 Å². The zero-order valence-electron chi connectivity index (χ0n) is 9.16. The predicted octanol–water partition coefficient (Wildman–Crippen LogP) is 2.04. The van der Waals surface area contributed by atoms with E-state index in [1.165, 1.54) is 4.90 Å². The van der Waals surface area contributed by atoms with E-state index in [1.54, 1.807) is 29.6 Å². The molecule has 1 N–H and O–H groups in total. The van der Waals surface area contributed by atoms with Crippen molar-refractivity contribution >= 4 is 11.8 Å². The molecule has 0 aliphatic rings. The summed E-state index contributed by atoms with van der Waals surface area (Å²) in [5, 5.41) is 17.2. The van der Waals surface area contributed by atoms with E-state index >= 15 is 0 Å². The van der Waals surface area contributed by atoms with Crippen molar-refractivity contribution in [2.24, 2.45) is 0 Å². The van der Waals surface area contributed by atoms with Crippen LogP contribution in [0.3, 0.4) is 0 Å². The van der Waals surface area contributed by atoms with Crippen LogP contribution in [0, 0.1) is 0 Å². The number of hydrogen-bond donors (Lipinski definition) is 1. The van der Waals surface area contributed by atoms with Gasteiger partial charge < -0.3 is 5.11 Å². The first-order valence-electron chi connectivity index (χ1n) is 4.95. The largest absolute Gasteiger partial charge is 0.387 e. The molecule has 0 aliphatic heterocycles. The van der Waals surface area contributed by atoms with Gasteiger partial charge in [-0.05, 0) is 37.4 Å². The molecule has 2 rings (SSSR count). The molecular formula is C11H13N3OS. The van der Waals surface area contributed by atoms with Gasteiger partial charge in [-0.2, -0.15) is 0 Å². The summed E-state index contributed by atoms with van der Waals surface area (Å²) >= 11 is 1.70. The number of aliphatic hydroxyl groups is 1. The molecular weight excluding hydrogens is 222 g/mol. The van der Waals surface area contributed by atoms with Crippen molar-refractivity contribution in [2.75, 3.05) is 6.26 Å². The SMILES string of the molecule is CSc1ccc(-n2cc(C(C)O)nn2)cc1. The minimum absolute atomic E-state index is 0.578. The van der Waals surface area contributed by atoms with Crippen LogP contribution in [0.2, 0.25) is 0 Å². The number of aromatic nitrogens is 3. The van der Waals surface area contributed by atoms with E-state index < -0.39 is 6.10 Å². The van der Waals surface area contributed by atoms with Gasteiger partial charge in [-0.1, -0.05) is 5.21 Å². The smallest absolute Gasteiger partial charge is 0.111 e. The average molecular weight is 235 g/mol. The Balaban J connectivity index is 2.28. The van der Waals surface area contributed by atoms with Gasteiger partial charge in [-0.3, -0.25) is 0 Å². The van der Waals surface area contributed by atoms with Crippen LogP contribution in [0.1, 0.15) is 18.7 Å². The van der Waals surface area contributed by atoms with Gasteiger partial charge in [0.2, 0.25) is 0 Å². The second-order valence-electron chi connectivity index (χ2n) is 3.46. The molecule has 1 aromatic heterocycles. The lowest BCUT2D eigenvalue weighted by Gasteiger charge is -2.01. The highest BCUT2D eigenvalue weighted by atomic mass is 32.2. The highest BCUT2D eigenvalue weighted by Crippen LogP contribution is 2.17. The highest BCUT2D eigenvalue weighted by Gasteiger charge is 2.07. The van der Waals surface area contributed by atoms with Crippen LogP contribution in [0.5, 0.6) is 0 Å². The number of nitrogens with zero attached hydrogens (tertiary/aromatic N) is 3. The van der Waals surface area contributed by atoms with Crippen molar-refractivity contribution in [3.63, 3.8) is 0 Å². The Labute approximate surface area is 98.3 Å². The third-order valence-electron chi connectivity index (χ3n) is 2.28. The molecule has 1 heterocycles. The topological polar surface area (TPSA) is 50.9 Å². The number of aliphatic hydroxyl groups excluding tert-OH is 1. The van der Waals surface area contributed by atoms with Gasteiger partial charge in [0.25, 0.3) is 0 Å². The molecule has 1 atom stereocenters. The van der Waals surface area contributed by atoms with Crippen LogP contribution in [0.15, 0.2) is 35.4 Å². The fraction of sp³-hybridized carbons (Fsp3) is 0.273. The van der Waals surface area contributed by atoms with Gasteiger partial charge in [0.15, 0.2) is 0 Å². The van der Waals surface area contributed by atoms with Crippen molar-refractivity contribution in [1.82, 2.24) is 15.0 Å². The van der Waals surface area contributed by atoms with Gasteiger partial charge in [-0.15, -0.1) is 16.9 Å². The Morgan fingerprint density at radius 3 is 2.50 bits per heavy atom. The van der Waals surface area contributed by atoms with Crippen molar-refractivity contribution in [2.45, 2.75) is 17.9 Å². The first-order valence-corrected chi connectivity index (χ1v) is 6.18. The normalized spacial score (nSPS) is 12.7. The summed E-state index contributed by atoms with van der Waals surface area (Å²) in [5.74, 6) is 0. The van der Waals surface area contributed by atoms with Gasteiger partial charge in [0.1, 0.15) is 5.69 Å². The van der Waals surface area contributed by atoms with E-state index in [4.69, 9.17) is 0 Å². The molecule has 0 aliphatic carbocycles. The Hall–Kier alpha value is -1.33. The Morgan fingerprint density at radius 2 is 2.00 bits per heavy atom. The Bertz CT molecular complexity index is 464. The van der Waals surface area contributed by atoms with Crippen LogP contribution in [-0.4, -0.2) is 26.4 Å². The molecule has 84 valence electrons. The molecule has 1 aromatic carbocycles. The molecule has 5 heteroatoms. The van der Waals surface area contributed by atoms with E-state index in [0.29, 0.717) is 5.69 Å². The number of rotatable bonds is 3. The van der Waals surface area contributed by atoms with E-state index in [0.717, 1.165) is 5.69 Å². The summed E-state index contributed by atoms with van der Waals surface area (Å²) in [6.07, 6.45) is 3.19. The molecule has 0 radical (unpaired) electrons. The number of hydrogen-bond acceptors (Lipinski definition) is 4. The Morgan fingerprint density at radius 1 is 1.31 bits per heavy atom. The minimum atomic E-state index is -0.584. The van der Waals surface area contributed by atoms with Crippen molar-refractivity contribution < 1.29 is 5.11 Å². The lowest BCUT2D eigenvalue weighted by atomic mass is 10.3. The lowest BCUT2D eigenvalue weighted by Crippen LogP contribution is -1.94. The third kappa shape index (κ3) is 2.25. The van der Waals surface area contributed by atoms with E-state index in [2.05, 4.69) is 10.3 Å². The minimum Gasteiger partial charge on any atom is -0.387 e. The molecule has 0 bridgehead atoms. The first kappa shape index (κ1) is 11.2. The highest BCUT2D eigenvalue weighted by molar-refractivity contribution is 7.98. The zero-order chi connectivity index (χ0) is 11.5. The monoisotopic (exact) mass is 235 g/mol. The quantitative estimate of drug-likeness (QED) is 0.827. The van der Waals surface area contributed by atoms with Crippen LogP contribution in [0.25, 0.3) is 5.69 Å². The van der Waals surface area contributed by atoms with E-state index in [1.807, 2.05) is 30.5 Å². The van der Waals surface area contributed by atoms with Crippen molar-refractivity contribution in [1.29, 1.82) is 0 Å². The van der Waals surface area contributed by atoms with Gasteiger partial charge in [-0.25, -0.2) is 4.68 Å². The summed E-state index contributed by atoms with van der Waals surface area (Å²) in [7, 11) is 0. The second kappa shape index (κ2) is 4.67. The summed E-state index contributed by atoms with van der Waals surface area (Å²) in [6.45, 7) is 1.67. The van der Waals surface area contributed by atoms with Gasteiger partial charge in [0, 0.05) is 4.90 Å². The summed E-state index contributed by atoms with van der Waals surface area (Å²) in [6, 6.07) is 8.02. The maximum Gasteiger partial charge on any atom is 0.111 e. The van der Waals surface area contributed by atoms with Crippen molar-refractivity contribution in [3.8, 4) is 5.69 Å². The Kier molecular flexibility index (Phi) is 3.26. The van der Waals surface area contributed by atoms with E-state index in [9.17, 15) is 5.11 Å². The maximum absolute atomic E-state index is 9.35. The van der Waals surface area contributed by atoms with Gasteiger partial charge >= 0.3 is 0 Å². The molecule has 0 saturated carbocycles. The lowest BCUT2D eigenvalue weighted by molar-refractivity contribution is 0.194. The molecule has 0 fully saturated rings. The van der Waals surface area contributed by atoms with Crippen LogP contribution >= 0.6 is 11.8 Å². The zero-order valence-corrected chi connectivity index (χ0v) is 9.98.